The van der Waals surface area contributed by atoms with E-state index in [9.17, 15) is 9.59 Å². The fraction of sp³-hybridized carbons (Fsp3) is 0.565. The van der Waals surface area contributed by atoms with Gasteiger partial charge in [-0.25, -0.2) is 9.36 Å². The van der Waals surface area contributed by atoms with Crippen LogP contribution in [0.1, 0.15) is 112 Å². The summed E-state index contributed by atoms with van der Waals surface area (Å²) < 4.78 is 3.59. The Morgan fingerprint density at radius 2 is 0.964 bits per heavy atom. The minimum atomic E-state index is -0.0790. The Kier molecular flexibility index (Phi) is 9.50. The SMILES string of the molecule is CC1CCC(C)N1c1c(C(=O)NC2C3CC4CC(C3)CC2C4)cnn1-c1ccccc1.O=C(NC1C2CC3CC(C2)CC1C3)c1cnn(-c2ccccc2)c1Cl. The van der Waals surface area contributed by atoms with Crippen LogP contribution < -0.4 is 15.5 Å². The predicted octanol–water partition coefficient (Wildman–Crippen LogP) is 8.88. The maximum absolute atomic E-state index is 13.7. The zero-order chi connectivity index (χ0) is 38.1. The number of halogens is 1. The van der Waals surface area contributed by atoms with Crippen molar-refractivity contribution in [2.24, 2.45) is 47.3 Å². The Morgan fingerprint density at radius 3 is 1.43 bits per heavy atom. The Labute approximate surface area is 335 Å². The van der Waals surface area contributed by atoms with Crippen LogP contribution in [0.4, 0.5) is 5.82 Å². The molecule has 4 aromatic rings. The van der Waals surface area contributed by atoms with Gasteiger partial charge in [0, 0.05) is 24.2 Å². The highest BCUT2D eigenvalue weighted by molar-refractivity contribution is 6.33. The van der Waals surface area contributed by atoms with E-state index >= 15 is 0 Å². The summed E-state index contributed by atoms with van der Waals surface area (Å²) in [5.74, 6) is 7.26. The first-order chi connectivity index (χ1) is 27.3. The third-order valence-corrected chi connectivity index (χ3v) is 15.6. The highest BCUT2D eigenvalue weighted by Crippen LogP contribution is 2.55. The van der Waals surface area contributed by atoms with Crippen molar-refractivity contribution in [3.63, 3.8) is 0 Å². The molecule has 2 atom stereocenters. The average molecular weight is 774 g/mol. The molecule has 56 heavy (non-hydrogen) atoms. The van der Waals surface area contributed by atoms with Gasteiger partial charge < -0.3 is 15.5 Å². The molecule has 9 fully saturated rings. The molecule has 10 heteroatoms. The van der Waals surface area contributed by atoms with E-state index in [1.54, 1.807) is 17.1 Å². The summed E-state index contributed by atoms with van der Waals surface area (Å²) in [7, 11) is 0. The van der Waals surface area contributed by atoms with E-state index in [0.717, 1.165) is 59.3 Å². The van der Waals surface area contributed by atoms with Crippen molar-refractivity contribution in [1.29, 1.82) is 0 Å². The number of nitrogens with zero attached hydrogens (tertiary/aromatic N) is 5. The van der Waals surface area contributed by atoms with E-state index in [-0.39, 0.29) is 11.8 Å². The van der Waals surface area contributed by atoms with Crippen molar-refractivity contribution in [3.05, 3.63) is 89.3 Å². The highest BCUT2D eigenvalue weighted by Gasteiger charge is 2.50. The van der Waals surface area contributed by atoms with Gasteiger partial charge >= 0.3 is 0 Å². The zero-order valence-corrected chi connectivity index (χ0v) is 33.5. The first kappa shape index (κ1) is 36.2. The normalized spacial score (nSPS) is 34.7. The molecule has 0 radical (unpaired) electrons. The lowest BCUT2D eigenvalue weighted by molar-refractivity contribution is -0.0119. The number of rotatable bonds is 7. The minimum absolute atomic E-state index is 0.0703. The Morgan fingerprint density at radius 1 is 0.571 bits per heavy atom. The fourth-order valence-electron chi connectivity index (χ4n) is 13.1. The minimum Gasteiger partial charge on any atom is -0.350 e. The largest absolute Gasteiger partial charge is 0.350 e. The lowest BCUT2D eigenvalue weighted by Crippen LogP contribution is -2.55. The van der Waals surface area contributed by atoms with Gasteiger partial charge in [-0.15, -0.1) is 0 Å². The van der Waals surface area contributed by atoms with Crippen molar-refractivity contribution < 1.29 is 9.59 Å². The molecule has 8 saturated carbocycles. The lowest BCUT2D eigenvalue weighted by Gasteiger charge is -2.54. The van der Waals surface area contributed by atoms with Crippen LogP contribution in [0.15, 0.2) is 73.1 Å². The molecule has 8 bridgehead atoms. The number of carbonyl (C=O) groups is 2. The standard InChI is InChI=1S/C26H34N4O.C20H22ClN3O/c1-16-8-9-17(2)29(16)26-23(15-27-30(26)22-6-4-3-5-7-22)25(31)28-24-20-11-18-10-19(13-20)14-21(24)12-18;21-19-17(11-22-24(19)16-4-2-1-3-5-16)20(25)23-18-14-7-12-6-13(9-14)10-15(18)8-12/h3-7,15-21,24H,8-14H2,1-2H3,(H,28,31);1-5,11-15,18H,6-10H2,(H,23,25). The van der Waals surface area contributed by atoms with Crippen LogP contribution in [0, 0.1) is 47.3 Å². The summed E-state index contributed by atoms with van der Waals surface area (Å²) in [5, 5.41) is 16.2. The molecule has 9 nitrogen and oxygen atoms in total. The van der Waals surface area contributed by atoms with Gasteiger partial charge in [0.1, 0.15) is 16.5 Å². The number of carbonyl (C=O) groups excluding carboxylic acids is 2. The molecule has 2 unspecified atom stereocenters. The maximum atomic E-state index is 13.7. The van der Waals surface area contributed by atoms with Gasteiger partial charge in [-0.2, -0.15) is 10.2 Å². The third-order valence-electron chi connectivity index (χ3n) is 15.2. The molecule has 0 spiro atoms. The van der Waals surface area contributed by atoms with Gasteiger partial charge in [0.25, 0.3) is 11.8 Å². The number of hydrogen-bond donors (Lipinski definition) is 2. The molecule has 2 N–H and O–H groups in total. The van der Waals surface area contributed by atoms with Crippen molar-refractivity contribution in [2.75, 3.05) is 4.90 Å². The second-order valence-corrected chi connectivity index (χ2v) is 19.1. The molecule has 1 saturated heterocycles. The van der Waals surface area contributed by atoms with Crippen LogP contribution in [-0.2, 0) is 0 Å². The molecule has 8 aliphatic carbocycles. The van der Waals surface area contributed by atoms with E-state index in [2.05, 4.69) is 46.6 Å². The summed E-state index contributed by atoms with van der Waals surface area (Å²) in [6.07, 6.45) is 18.9. The van der Waals surface area contributed by atoms with Crippen molar-refractivity contribution in [3.8, 4) is 11.4 Å². The van der Waals surface area contributed by atoms with E-state index in [1.807, 2.05) is 53.2 Å². The van der Waals surface area contributed by atoms with Crippen LogP contribution >= 0.6 is 11.6 Å². The second-order valence-electron chi connectivity index (χ2n) is 18.8. The van der Waals surface area contributed by atoms with Crippen LogP contribution in [0.25, 0.3) is 11.4 Å². The molecule has 13 rings (SSSR count). The summed E-state index contributed by atoms with van der Waals surface area (Å²) in [5.41, 5.74) is 3.08. The van der Waals surface area contributed by atoms with Crippen molar-refractivity contribution in [1.82, 2.24) is 30.2 Å². The lowest BCUT2D eigenvalue weighted by atomic mass is 9.54. The zero-order valence-electron chi connectivity index (χ0n) is 32.8. The summed E-state index contributed by atoms with van der Waals surface area (Å²) in [6.45, 7) is 4.54. The highest BCUT2D eigenvalue weighted by atomic mass is 35.5. The first-order valence-electron chi connectivity index (χ1n) is 21.6. The molecule has 3 heterocycles. The Bertz CT molecular complexity index is 2000. The number of hydrogen-bond acceptors (Lipinski definition) is 5. The molecule has 2 aromatic carbocycles. The van der Waals surface area contributed by atoms with Crippen molar-refractivity contribution >= 4 is 29.2 Å². The van der Waals surface area contributed by atoms with Crippen LogP contribution in [-0.4, -0.2) is 55.5 Å². The van der Waals surface area contributed by atoms with Gasteiger partial charge in [0.15, 0.2) is 0 Å². The smallest absolute Gasteiger partial charge is 0.256 e. The van der Waals surface area contributed by atoms with E-state index in [4.69, 9.17) is 16.7 Å². The maximum Gasteiger partial charge on any atom is 0.256 e. The quantitative estimate of drug-likeness (QED) is 0.196. The third kappa shape index (κ3) is 6.55. The molecule has 1 aliphatic heterocycles. The topological polar surface area (TPSA) is 97.1 Å². The van der Waals surface area contributed by atoms with Crippen LogP contribution in [0.5, 0.6) is 0 Å². The molecule has 2 aromatic heterocycles. The Balaban J connectivity index is 0.000000140. The molecular weight excluding hydrogens is 718 g/mol. The number of amides is 2. The van der Waals surface area contributed by atoms with Gasteiger partial charge in [0.05, 0.1) is 29.3 Å². The van der Waals surface area contributed by atoms with Gasteiger partial charge in [-0.1, -0.05) is 48.0 Å². The number of aromatic nitrogens is 4. The predicted molar refractivity (Wildman–Crippen MR) is 219 cm³/mol. The number of anilines is 1. The average Bonchev–Trinajstić information content (AvgIpc) is 3.90. The molecule has 2 amide bonds. The van der Waals surface area contributed by atoms with E-state index in [1.165, 1.54) is 64.2 Å². The van der Waals surface area contributed by atoms with E-state index < -0.39 is 0 Å². The van der Waals surface area contributed by atoms with E-state index in [0.29, 0.717) is 58.6 Å². The second kappa shape index (κ2) is 14.7. The molecule has 9 aliphatic rings. The first-order valence-corrected chi connectivity index (χ1v) is 22.0. The van der Waals surface area contributed by atoms with Gasteiger partial charge in [0.2, 0.25) is 0 Å². The molecular formula is C46H56ClN7O2. The Hall–Kier alpha value is -4.11. The summed E-state index contributed by atoms with van der Waals surface area (Å²) in [4.78, 5) is 29.0. The summed E-state index contributed by atoms with van der Waals surface area (Å²) in [6, 6.07) is 21.4. The van der Waals surface area contributed by atoms with Gasteiger partial charge in [-0.05, 0) is 163 Å². The van der Waals surface area contributed by atoms with Crippen LogP contribution in [0.3, 0.4) is 0 Å². The number of nitrogens with one attached hydrogen (secondary N) is 2. The van der Waals surface area contributed by atoms with Crippen molar-refractivity contribution in [2.45, 2.75) is 115 Å². The number of para-hydroxylation sites is 2. The number of benzene rings is 2. The monoisotopic (exact) mass is 773 g/mol. The summed E-state index contributed by atoms with van der Waals surface area (Å²) >= 11 is 6.46. The van der Waals surface area contributed by atoms with Crippen LogP contribution in [0.2, 0.25) is 5.15 Å². The molecule has 294 valence electrons. The fourth-order valence-corrected chi connectivity index (χ4v) is 13.4. The van der Waals surface area contributed by atoms with Gasteiger partial charge in [-0.3, -0.25) is 9.59 Å².